The van der Waals surface area contributed by atoms with Crippen molar-refractivity contribution in [2.75, 3.05) is 11.5 Å². The molecule has 1 rings (SSSR count). The van der Waals surface area contributed by atoms with Gasteiger partial charge in [-0.15, -0.1) is 11.8 Å². The normalized spacial score (nSPS) is 9.76. The van der Waals surface area contributed by atoms with Crippen molar-refractivity contribution in [1.82, 2.24) is 10.9 Å². The number of anilines is 1. The lowest BCUT2D eigenvalue weighted by molar-refractivity contribution is -0.126. The van der Waals surface area contributed by atoms with Gasteiger partial charge in [0.2, 0.25) is 11.8 Å². The SMILES string of the molecule is CC(=O)NNC(=O)CSc1ccc(N)cc1C. The van der Waals surface area contributed by atoms with Gasteiger partial charge in [0, 0.05) is 17.5 Å². The Labute approximate surface area is 104 Å². The summed E-state index contributed by atoms with van der Waals surface area (Å²) >= 11 is 1.40. The standard InChI is InChI=1S/C11H15N3O2S/c1-7-5-9(12)3-4-10(7)17-6-11(16)14-13-8(2)15/h3-5H,6,12H2,1-2H3,(H,13,15)(H,14,16). The zero-order valence-corrected chi connectivity index (χ0v) is 10.6. The fourth-order valence-corrected chi connectivity index (χ4v) is 1.98. The van der Waals surface area contributed by atoms with E-state index in [0.29, 0.717) is 5.69 Å². The molecule has 0 bridgehead atoms. The second-order valence-corrected chi connectivity index (χ2v) is 4.56. The zero-order valence-electron chi connectivity index (χ0n) is 9.74. The van der Waals surface area contributed by atoms with Crippen LogP contribution >= 0.6 is 11.8 Å². The Hall–Kier alpha value is -1.69. The summed E-state index contributed by atoms with van der Waals surface area (Å²) in [6.45, 7) is 3.27. The average molecular weight is 253 g/mol. The van der Waals surface area contributed by atoms with Crippen LogP contribution in [0.25, 0.3) is 0 Å². The minimum absolute atomic E-state index is 0.241. The van der Waals surface area contributed by atoms with Gasteiger partial charge in [-0.1, -0.05) is 0 Å². The van der Waals surface area contributed by atoms with Gasteiger partial charge in [0.25, 0.3) is 0 Å². The minimum atomic E-state index is -0.299. The summed E-state index contributed by atoms with van der Waals surface area (Å²) < 4.78 is 0. The number of hydrogen-bond acceptors (Lipinski definition) is 4. The average Bonchev–Trinajstić information content (AvgIpc) is 2.25. The topological polar surface area (TPSA) is 84.2 Å². The van der Waals surface area contributed by atoms with Crippen LogP contribution < -0.4 is 16.6 Å². The maximum Gasteiger partial charge on any atom is 0.248 e. The van der Waals surface area contributed by atoms with E-state index in [1.807, 2.05) is 19.1 Å². The fraction of sp³-hybridized carbons (Fsp3) is 0.273. The van der Waals surface area contributed by atoms with Crippen LogP contribution in [0.3, 0.4) is 0 Å². The van der Waals surface area contributed by atoms with Gasteiger partial charge < -0.3 is 5.73 Å². The largest absolute Gasteiger partial charge is 0.399 e. The number of aryl methyl sites for hydroxylation is 1. The maximum atomic E-state index is 11.3. The number of hydrogen-bond donors (Lipinski definition) is 3. The molecule has 0 unspecified atom stereocenters. The van der Waals surface area contributed by atoms with Crippen molar-refractivity contribution in [2.45, 2.75) is 18.7 Å². The second-order valence-electron chi connectivity index (χ2n) is 3.54. The van der Waals surface area contributed by atoms with E-state index in [1.54, 1.807) is 6.07 Å². The van der Waals surface area contributed by atoms with E-state index in [0.717, 1.165) is 10.5 Å². The van der Waals surface area contributed by atoms with Crippen LogP contribution in [0.2, 0.25) is 0 Å². The first-order chi connectivity index (χ1) is 7.99. The van der Waals surface area contributed by atoms with E-state index in [1.165, 1.54) is 18.7 Å². The molecule has 2 amide bonds. The Bertz CT molecular complexity index is 435. The molecule has 6 heteroatoms. The lowest BCUT2D eigenvalue weighted by Gasteiger charge is -2.07. The number of nitrogens with one attached hydrogen (secondary N) is 2. The first-order valence-corrected chi connectivity index (χ1v) is 6.02. The summed E-state index contributed by atoms with van der Waals surface area (Å²) in [5.74, 6) is -0.307. The first kappa shape index (κ1) is 13.4. The highest BCUT2D eigenvalue weighted by molar-refractivity contribution is 8.00. The van der Waals surface area contributed by atoms with Crippen LogP contribution in [0.4, 0.5) is 5.69 Å². The van der Waals surface area contributed by atoms with E-state index in [9.17, 15) is 9.59 Å². The number of nitrogen functional groups attached to an aromatic ring is 1. The Morgan fingerprint density at radius 2 is 2.06 bits per heavy atom. The number of benzene rings is 1. The van der Waals surface area contributed by atoms with Gasteiger partial charge in [-0.2, -0.15) is 0 Å². The van der Waals surface area contributed by atoms with Gasteiger partial charge in [0.1, 0.15) is 0 Å². The predicted molar refractivity (Wildman–Crippen MR) is 68.3 cm³/mol. The van der Waals surface area contributed by atoms with Crippen LogP contribution in [0, 0.1) is 6.92 Å². The molecule has 4 N–H and O–H groups in total. The lowest BCUT2D eigenvalue weighted by Crippen LogP contribution is -2.41. The van der Waals surface area contributed by atoms with Crippen molar-refractivity contribution in [3.05, 3.63) is 23.8 Å². The van der Waals surface area contributed by atoms with Crippen molar-refractivity contribution in [2.24, 2.45) is 0 Å². The molecular formula is C11H15N3O2S. The number of carbonyl (C=O) groups excluding carboxylic acids is 2. The summed E-state index contributed by atoms with van der Waals surface area (Å²) in [7, 11) is 0. The number of amides is 2. The van der Waals surface area contributed by atoms with E-state index in [-0.39, 0.29) is 17.6 Å². The van der Waals surface area contributed by atoms with E-state index in [4.69, 9.17) is 5.73 Å². The van der Waals surface area contributed by atoms with Gasteiger partial charge in [-0.3, -0.25) is 20.4 Å². The predicted octanol–water partition coefficient (Wildman–Crippen LogP) is 0.837. The summed E-state index contributed by atoms with van der Waals surface area (Å²) in [6, 6.07) is 5.52. The van der Waals surface area contributed by atoms with Gasteiger partial charge in [0.15, 0.2) is 0 Å². The first-order valence-electron chi connectivity index (χ1n) is 5.03. The molecule has 0 spiro atoms. The molecule has 1 aromatic rings. The molecule has 0 heterocycles. The third kappa shape index (κ3) is 4.78. The molecule has 0 aromatic heterocycles. The monoisotopic (exact) mass is 253 g/mol. The van der Waals surface area contributed by atoms with Gasteiger partial charge >= 0.3 is 0 Å². The maximum absolute atomic E-state index is 11.3. The highest BCUT2D eigenvalue weighted by atomic mass is 32.2. The summed E-state index contributed by atoms with van der Waals surface area (Å²) in [6.07, 6.45) is 0. The Morgan fingerprint density at radius 3 is 2.65 bits per heavy atom. The van der Waals surface area contributed by atoms with Crippen LogP contribution in [0.15, 0.2) is 23.1 Å². The van der Waals surface area contributed by atoms with Gasteiger partial charge in [0.05, 0.1) is 5.75 Å². The Morgan fingerprint density at radius 1 is 1.35 bits per heavy atom. The molecule has 0 aliphatic rings. The quantitative estimate of drug-likeness (QED) is 0.423. The van der Waals surface area contributed by atoms with Gasteiger partial charge in [-0.05, 0) is 30.7 Å². The molecule has 0 saturated heterocycles. The fourth-order valence-electron chi connectivity index (χ4n) is 1.17. The summed E-state index contributed by atoms with van der Waals surface area (Å²) in [5, 5.41) is 0. The van der Waals surface area contributed by atoms with Crippen LogP contribution in [-0.2, 0) is 9.59 Å². The smallest absolute Gasteiger partial charge is 0.248 e. The van der Waals surface area contributed by atoms with Crippen LogP contribution in [0.5, 0.6) is 0 Å². The highest BCUT2D eigenvalue weighted by Gasteiger charge is 2.05. The molecule has 0 radical (unpaired) electrons. The number of rotatable bonds is 3. The third-order valence-electron chi connectivity index (χ3n) is 1.94. The molecule has 0 aliphatic carbocycles. The number of carbonyl (C=O) groups is 2. The molecule has 0 atom stereocenters. The van der Waals surface area contributed by atoms with Crippen molar-refractivity contribution in [3.8, 4) is 0 Å². The van der Waals surface area contributed by atoms with Crippen molar-refractivity contribution >= 4 is 29.3 Å². The number of hydrazine groups is 1. The van der Waals surface area contributed by atoms with Gasteiger partial charge in [-0.25, -0.2) is 0 Å². The van der Waals surface area contributed by atoms with Crippen molar-refractivity contribution < 1.29 is 9.59 Å². The second kappa shape index (κ2) is 6.15. The Kier molecular flexibility index (Phi) is 4.84. The highest BCUT2D eigenvalue weighted by Crippen LogP contribution is 2.23. The molecule has 0 aliphatic heterocycles. The number of nitrogens with two attached hydrogens (primary N) is 1. The molecule has 0 saturated carbocycles. The molecule has 17 heavy (non-hydrogen) atoms. The lowest BCUT2D eigenvalue weighted by atomic mass is 10.2. The van der Waals surface area contributed by atoms with Crippen molar-refractivity contribution in [1.29, 1.82) is 0 Å². The van der Waals surface area contributed by atoms with E-state index < -0.39 is 0 Å². The molecule has 0 fully saturated rings. The van der Waals surface area contributed by atoms with Crippen LogP contribution in [0.1, 0.15) is 12.5 Å². The van der Waals surface area contributed by atoms with Crippen molar-refractivity contribution in [3.63, 3.8) is 0 Å². The van der Waals surface area contributed by atoms with Crippen LogP contribution in [-0.4, -0.2) is 17.6 Å². The summed E-state index contributed by atoms with van der Waals surface area (Å²) in [4.78, 5) is 22.9. The minimum Gasteiger partial charge on any atom is -0.399 e. The van der Waals surface area contributed by atoms with E-state index in [2.05, 4.69) is 10.9 Å². The number of thioether (sulfide) groups is 1. The molecule has 1 aromatic carbocycles. The Balaban J connectivity index is 2.44. The molecule has 5 nitrogen and oxygen atoms in total. The summed E-state index contributed by atoms with van der Waals surface area (Å²) in [5.41, 5.74) is 11.9. The zero-order chi connectivity index (χ0) is 12.8. The molecule has 92 valence electrons. The molecular weight excluding hydrogens is 238 g/mol. The third-order valence-corrected chi connectivity index (χ3v) is 3.11. The van der Waals surface area contributed by atoms with E-state index >= 15 is 0 Å².